The van der Waals surface area contributed by atoms with Crippen LogP contribution in [-0.2, 0) is 9.53 Å². The summed E-state index contributed by atoms with van der Waals surface area (Å²) >= 11 is 3.25. The largest absolute Gasteiger partial charge is 0.460 e. The summed E-state index contributed by atoms with van der Waals surface area (Å²) in [5.74, 6) is -0.221. The van der Waals surface area contributed by atoms with Crippen LogP contribution in [0.15, 0.2) is 0 Å². The molecule has 0 bridgehead atoms. The molecule has 0 aliphatic carbocycles. The number of halogens is 1. The van der Waals surface area contributed by atoms with Crippen molar-refractivity contribution in [3.05, 3.63) is 0 Å². The molecule has 0 rings (SSSR count). The molecule has 0 saturated heterocycles. The van der Waals surface area contributed by atoms with Crippen molar-refractivity contribution in [2.75, 3.05) is 20.6 Å². The molecule has 0 aromatic carbocycles. The predicted octanol–water partition coefficient (Wildman–Crippen LogP) is 1.65. The molecule has 78 valence electrons. The lowest BCUT2D eigenvalue weighted by atomic mass is 10.2. The highest BCUT2D eigenvalue weighted by Crippen LogP contribution is 2.18. The lowest BCUT2D eigenvalue weighted by molar-refractivity contribution is -0.150. The summed E-state index contributed by atoms with van der Waals surface area (Å²) in [7, 11) is 3.90. The summed E-state index contributed by atoms with van der Waals surface area (Å²) < 4.78 is 4.61. The number of esters is 1. The summed E-state index contributed by atoms with van der Waals surface area (Å²) in [5, 5.41) is 0. The van der Waals surface area contributed by atoms with E-state index in [1.165, 1.54) is 0 Å². The Kier molecular flexibility index (Phi) is 4.92. The van der Waals surface area contributed by atoms with Crippen molar-refractivity contribution in [3.63, 3.8) is 0 Å². The molecule has 1 atom stereocenters. The van der Waals surface area contributed by atoms with Gasteiger partial charge in [0, 0.05) is 6.54 Å². The van der Waals surface area contributed by atoms with Crippen molar-refractivity contribution in [2.24, 2.45) is 0 Å². The number of ether oxygens (including phenoxy) is 1. The highest BCUT2D eigenvalue weighted by atomic mass is 79.9. The normalized spacial score (nSPS) is 14.4. The summed E-state index contributed by atoms with van der Waals surface area (Å²) in [6, 6.07) is 0. The molecule has 0 aliphatic rings. The van der Waals surface area contributed by atoms with Crippen molar-refractivity contribution in [1.29, 1.82) is 0 Å². The van der Waals surface area contributed by atoms with Crippen molar-refractivity contribution >= 4 is 21.9 Å². The van der Waals surface area contributed by atoms with Gasteiger partial charge in [-0.25, -0.2) is 0 Å². The number of nitrogens with zero attached hydrogens (tertiary/aromatic N) is 1. The summed E-state index contributed by atoms with van der Waals surface area (Å²) in [6.45, 7) is 6.18. The number of hydrogen-bond acceptors (Lipinski definition) is 3. The Labute approximate surface area is 88.6 Å². The van der Waals surface area contributed by atoms with Gasteiger partial charge in [-0.2, -0.15) is 0 Å². The zero-order valence-electron chi connectivity index (χ0n) is 8.93. The van der Waals surface area contributed by atoms with Crippen LogP contribution in [0, 0.1) is 0 Å². The quantitative estimate of drug-likeness (QED) is 0.563. The van der Waals surface area contributed by atoms with Gasteiger partial charge in [-0.15, -0.1) is 0 Å². The van der Waals surface area contributed by atoms with Crippen LogP contribution < -0.4 is 0 Å². The Morgan fingerprint density at radius 2 is 2.00 bits per heavy atom. The van der Waals surface area contributed by atoms with E-state index in [9.17, 15) is 4.79 Å². The molecular formula is C9H18BrNO2. The van der Waals surface area contributed by atoms with E-state index in [0.29, 0.717) is 0 Å². The molecule has 4 heteroatoms. The van der Waals surface area contributed by atoms with Crippen LogP contribution in [0.3, 0.4) is 0 Å². The van der Waals surface area contributed by atoms with Crippen LogP contribution in [0.4, 0.5) is 0 Å². The summed E-state index contributed by atoms with van der Waals surface area (Å²) in [6.07, 6.45) is -0.0701. The first-order valence-electron chi connectivity index (χ1n) is 4.28. The molecule has 0 N–H and O–H groups in total. The number of alkyl halides is 1. The van der Waals surface area contributed by atoms with Gasteiger partial charge in [0.1, 0.15) is 10.4 Å². The molecule has 1 unspecified atom stereocenters. The van der Waals surface area contributed by atoms with Crippen molar-refractivity contribution in [3.8, 4) is 0 Å². The van der Waals surface area contributed by atoms with E-state index in [0.717, 1.165) is 6.54 Å². The van der Waals surface area contributed by atoms with Crippen LogP contribution in [0.1, 0.15) is 20.8 Å². The second-order valence-electron chi connectivity index (χ2n) is 3.95. The van der Waals surface area contributed by atoms with Gasteiger partial charge in [-0.1, -0.05) is 15.9 Å². The molecule has 0 fully saturated rings. The Bertz CT molecular complexity index is 175. The maximum absolute atomic E-state index is 11.4. The maximum atomic E-state index is 11.4. The highest BCUT2D eigenvalue weighted by Gasteiger charge is 2.27. The molecule has 0 aromatic heterocycles. The van der Waals surface area contributed by atoms with E-state index in [1.807, 2.05) is 25.9 Å². The third-order valence-corrected chi connectivity index (χ3v) is 1.74. The first kappa shape index (κ1) is 12.9. The van der Waals surface area contributed by atoms with E-state index in [1.54, 1.807) is 13.8 Å². The van der Waals surface area contributed by atoms with Gasteiger partial charge in [-0.3, -0.25) is 4.79 Å². The highest BCUT2D eigenvalue weighted by molar-refractivity contribution is 9.10. The third-order valence-electron chi connectivity index (χ3n) is 1.42. The predicted molar refractivity (Wildman–Crippen MR) is 57.1 cm³/mol. The second-order valence-corrected chi connectivity index (χ2v) is 5.93. The molecule has 3 nitrogen and oxygen atoms in total. The molecular weight excluding hydrogens is 234 g/mol. The molecule has 13 heavy (non-hydrogen) atoms. The maximum Gasteiger partial charge on any atom is 0.322 e. The number of carbonyl (C=O) groups is 1. The fraction of sp³-hybridized carbons (Fsp3) is 0.889. The van der Waals surface area contributed by atoms with E-state index >= 15 is 0 Å². The van der Waals surface area contributed by atoms with E-state index in [4.69, 9.17) is 4.74 Å². The average Bonchev–Trinajstić information content (AvgIpc) is 1.82. The molecule has 0 saturated carbocycles. The monoisotopic (exact) mass is 251 g/mol. The van der Waals surface area contributed by atoms with Gasteiger partial charge in [0.25, 0.3) is 0 Å². The second kappa shape index (κ2) is 4.96. The van der Waals surface area contributed by atoms with Gasteiger partial charge in [0.2, 0.25) is 0 Å². The molecule has 0 amide bonds. The lowest BCUT2D eigenvalue weighted by Gasteiger charge is -2.21. The minimum atomic E-state index is -0.590. The average molecular weight is 252 g/mol. The summed E-state index contributed by atoms with van der Waals surface area (Å²) in [5.41, 5.74) is 0. The molecule has 0 spiro atoms. The van der Waals surface area contributed by atoms with Gasteiger partial charge >= 0.3 is 5.97 Å². The van der Waals surface area contributed by atoms with Crippen molar-refractivity contribution in [1.82, 2.24) is 4.90 Å². The minimum Gasteiger partial charge on any atom is -0.460 e. The Balaban J connectivity index is 3.93. The SMILES string of the molecule is CC(CN(C)C)OC(=O)C(C)(C)Br. The zero-order chi connectivity index (χ0) is 10.6. The van der Waals surface area contributed by atoms with Crippen LogP contribution >= 0.6 is 15.9 Å². The molecule has 0 aliphatic heterocycles. The Morgan fingerprint density at radius 3 is 2.31 bits per heavy atom. The molecule has 0 heterocycles. The Morgan fingerprint density at radius 1 is 1.54 bits per heavy atom. The van der Waals surface area contributed by atoms with Gasteiger partial charge in [0.05, 0.1) is 0 Å². The number of likely N-dealkylation sites (N-methyl/N-ethyl adjacent to an activating group) is 1. The number of carbonyl (C=O) groups excluding carboxylic acids is 1. The van der Waals surface area contributed by atoms with Crippen LogP contribution in [0.5, 0.6) is 0 Å². The fourth-order valence-electron chi connectivity index (χ4n) is 0.874. The zero-order valence-corrected chi connectivity index (χ0v) is 10.5. The number of rotatable bonds is 4. The Hall–Kier alpha value is -0.0900. The van der Waals surface area contributed by atoms with Crippen molar-refractivity contribution in [2.45, 2.75) is 31.2 Å². The first-order valence-corrected chi connectivity index (χ1v) is 5.07. The smallest absolute Gasteiger partial charge is 0.322 e. The van der Waals surface area contributed by atoms with Crippen LogP contribution in [-0.4, -0.2) is 41.9 Å². The topological polar surface area (TPSA) is 29.5 Å². The third kappa shape index (κ3) is 6.05. The van der Waals surface area contributed by atoms with E-state index in [2.05, 4.69) is 15.9 Å². The molecule has 0 aromatic rings. The minimum absolute atomic E-state index is 0.0701. The standard InChI is InChI=1S/C9H18BrNO2/c1-7(6-11(4)5)13-8(12)9(2,3)10/h7H,6H2,1-5H3. The summed E-state index contributed by atoms with van der Waals surface area (Å²) in [4.78, 5) is 13.4. The number of hydrogen-bond donors (Lipinski definition) is 0. The van der Waals surface area contributed by atoms with Gasteiger partial charge < -0.3 is 9.64 Å². The molecule has 0 radical (unpaired) electrons. The van der Waals surface area contributed by atoms with Crippen LogP contribution in [0.2, 0.25) is 0 Å². The van der Waals surface area contributed by atoms with E-state index in [-0.39, 0.29) is 12.1 Å². The van der Waals surface area contributed by atoms with E-state index < -0.39 is 4.32 Å². The van der Waals surface area contributed by atoms with Gasteiger partial charge in [-0.05, 0) is 34.9 Å². The van der Waals surface area contributed by atoms with Crippen LogP contribution in [0.25, 0.3) is 0 Å². The fourth-order valence-corrected chi connectivity index (χ4v) is 0.968. The lowest BCUT2D eigenvalue weighted by Crippen LogP contribution is -2.34. The van der Waals surface area contributed by atoms with Crippen molar-refractivity contribution < 1.29 is 9.53 Å². The van der Waals surface area contributed by atoms with Gasteiger partial charge in [0.15, 0.2) is 0 Å². The first-order chi connectivity index (χ1) is 5.73.